The van der Waals surface area contributed by atoms with E-state index in [1.165, 1.54) is 25.0 Å². The Kier molecular flexibility index (Phi) is 4.95. The van der Waals surface area contributed by atoms with Gasteiger partial charge in [0.05, 0.1) is 0 Å². The van der Waals surface area contributed by atoms with Gasteiger partial charge in [-0.05, 0) is 56.2 Å². The summed E-state index contributed by atoms with van der Waals surface area (Å²) in [7, 11) is 1.77. The maximum Gasteiger partial charge on any atom is 0.321 e. The summed E-state index contributed by atoms with van der Waals surface area (Å²) in [4.78, 5) is 15.5. The fraction of sp³-hybridized carbons (Fsp3) is 0.455. The average molecular weight is 423 g/mol. The molecule has 2 fully saturated rings. The smallest absolute Gasteiger partial charge is 0.321 e. The minimum atomic E-state index is -0.335. The van der Waals surface area contributed by atoms with Crippen molar-refractivity contribution in [1.29, 1.82) is 0 Å². The van der Waals surface area contributed by atoms with Gasteiger partial charge in [0, 0.05) is 44.0 Å². The largest absolute Gasteiger partial charge is 0.424 e. The second-order valence-electron chi connectivity index (χ2n) is 8.60. The predicted molar refractivity (Wildman–Crippen MR) is 115 cm³/mol. The number of piperidine rings is 1. The van der Waals surface area contributed by atoms with E-state index >= 15 is 0 Å². The van der Waals surface area contributed by atoms with Crippen molar-refractivity contribution in [1.82, 2.24) is 24.7 Å². The third-order valence-electron chi connectivity index (χ3n) is 6.19. The van der Waals surface area contributed by atoms with Crippen LogP contribution in [0.25, 0.3) is 0 Å². The number of anilines is 2. The van der Waals surface area contributed by atoms with E-state index in [1.807, 2.05) is 19.9 Å². The number of hydrogen-bond donors (Lipinski definition) is 1. The Morgan fingerprint density at radius 2 is 1.84 bits per heavy atom. The quantitative estimate of drug-likeness (QED) is 0.673. The molecule has 2 aliphatic rings. The molecule has 3 heterocycles. The lowest BCUT2D eigenvalue weighted by Crippen LogP contribution is -2.48. The molecule has 1 saturated heterocycles. The van der Waals surface area contributed by atoms with Gasteiger partial charge in [0.2, 0.25) is 5.95 Å². The molecule has 1 aliphatic heterocycles. The van der Waals surface area contributed by atoms with Crippen molar-refractivity contribution in [2.75, 3.05) is 23.3 Å². The number of nitrogens with zero attached hydrogens (tertiary/aromatic N) is 6. The lowest BCUT2D eigenvalue weighted by molar-refractivity contribution is 0.374. The molecule has 2 bridgehead atoms. The van der Waals surface area contributed by atoms with Crippen LogP contribution < -0.4 is 15.0 Å². The number of fused-ring (bicyclic) bond motifs is 2. The highest BCUT2D eigenvalue weighted by Crippen LogP contribution is 2.39. The van der Waals surface area contributed by atoms with E-state index in [4.69, 9.17) is 4.74 Å². The van der Waals surface area contributed by atoms with Crippen LogP contribution in [0.4, 0.5) is 16.2 Å². The van der Waals surface area contributed by atoms with Crippen molar-refractivity contribution in [3.8, 4) is 11.8 Å². The Bertz CT molecular complexity index is 1070. The summed E-state index contributed by atoms with van der Waals surface area (Å²) in [6, 6.07) is 7.27. The van der Waals surface area contributed by atoms with Crippen molar-refractivity contribution in [2.24, 2.45) is 18.9 Å². The van der Waals surface area contributed by atoms with E-state index < -0.39 is 0 Å². The highest BCUT2D eigenvalue weighted by Gasteiger charge is 2.43. The van der Waals surface area contributed by atoms with Crippen molar-refractivity contribution in [2.45, 2.75) is 32.7 Å². The van der Waals surface area contributed by atoms with E-state index in [1.54, 1.807) is 24.1 Å². The molecule has 2 atom stereocenters. The summed E-state index contributed by atoms with van der Waals surface area (Å²) < 4.78 is 21.0. The number of ether oxygens (including phenoxy) is 1. The molecule has 0 spiro atoms. The van der Waals surface area contributed by atoms with E-state index in [2.05, 4.69) is 30.3 Å². The van der Waals surface area contributed by atoms with Gasteiger partial charge in [0.1, 0.15) is 23.7 Å². The first-order valence-corrected chi connectivity index (χ1v) is 10.6. The minimum Gasteiger partial charge on any atom is -0.424 e. The fourth-order valence-electron chi connectivity index (χ4n) is 4.80. The molecule has 5 rings (SSSR count). The van der Waals surface area contributed by atoms with Crippen LogP contribution in [0.1, 0.15) is 24.1 Å². The zero-order valence-corrected chi connectivity index (χ0v) is 17.9. The predicted octanol–water partition coefficient (Wildman–Crippen LogP) is 3.48. The van der Waals surface area contributed by atoms with Gasteiger partial charge in [-0.3, -0.25) is 0 Å². The van der Waals surface area contributed by atoms with Crippen molar-refractivity contribution in [3.63, 3.8) is 0 Å². The van der Waals surface area contributed by atoms with Crippen LogP contribution in [0.2, 0.25) is 0 Å². The van der Waals surface area contributed by atoms with E-state index in [0.717, 1.165) is 30.2 Å². The first kappa shape index (κ1) is 19.7. The molecule has 1 aliphatic carbocycles. The van der Waals surface area contributed by atoms with E-state index in [9.17, 15) is 4.39 Å². The fourth-order valence-corrected chi connectivity index (χ4v) is 4.80. The van der Waals surface area contributed by atoms with Gasteiger partial charge >= 0.3 is 6.01 Å². The van der Waals surface area contributed by atoms with Crippen LogP contribution >= 0.6 is 0 Å². The molecule has 8 nitrogen and oxygen atoms in total. The van der Waals surface area contributed by atoms with Crippen molar-refractivity contribution in [3.05, 3.63) is 47.7 Å². The molecular formula is C22H26FN7O. The number of nitrogens with one attached hydrogen (secondary N) is 1. The maximum absolute atomic E-state index is 13.7. The molecule has 1 N–H and O–H groups in total. The summed E-state index contributed by atoms with van der Waals surface area (Å²) in [5.41, 5.74) is 1.77. The number of benzene rings is 1. The van der Waals surface area contributed by atoms with Crippen LogP contribution in [0, 0.1) is 31.5 Å². The molecule has 31 heavy (non-hydrogen) atoms. The summed E-state index contributed by atoms with van der Waals surface area (Å²) in [5, 5.41) is 8.01. The SMILES string of the molecule is Cc1cc(F)cc(Oc2nc(NC3C4CCC3CN(c3cc(C)ncn3)C4)nn2C)c1. The van der Waals surface area contributed by atoms with Crippen LogP contribution in [0.5, 0.6) is 11.8 Å². The Morgan fingerprint density at radius 1 is 1.06 bits per heavy atom. The van der Waals surface area contributed by atoms with Crippen LogP contribution in [0.3, 0.4) is 0 Å². The zero-order chi connectivity index (χ0) is 21.5. The number of rotatable bonds is 5. The third-order valence-corrected chi connectivity index (χ3v) is 6.19. The van der Waals surface area contributed by atoms with Gasteiger partial charge in [-0.25, -0.2) is 19.0 Å². The molecule has 1 aromatic carbocycles. The molecule has 9 heteroatoms. The number of aryl methyl sites for hydroxylation is 3. The first-order valence-electron chi connectivity index (χ1n) is 10.6. The highest BCUT2D eigenvalue weighted by molar-refractivity contribution is 5.42. The lowest BCUT2D eigenvalue weighted by Gasteiger charge is -2.38. The monoisotopic (exact) mass is 423 g/mol. The number of halogens is 1. The van der Waals surface area contributed by atoms with Crippen LogP contribution in [-0.4, -0.2) is 43.9 Å². The number of hydrogen-bond acceptors (Lipinski definition) is 7. The maximum atomic E-state index is 13.7. The van der Waals surface area contributed by atoms with Gasteiger partial charge in [0.15, 0.2) is 0 Å². The van der Waals surface area contributed by atoms with E-state index in [-0.39, 0.29) is 5.82 Å². The van der Waals surface area contributed by atoms with Gasteiger partial charge < -0.3 is 15.0 Å². The van der Waals surface area contributed by atoms with Crippen LogP contribution in [0.15, 0.2) is 30.6 Å². The molecule has 0 amide bonds. The third kappa shape index (κ3) is 4.04. The molecule has 1 saturated carbocycles. The Hall–Kier alpha value is -3.23. The topological polar surface area (TPSA) is 81.0 Å². The summed E-state index contributed by atoms with van der Waals surface area (Å²) in [5.74, 6) is 2.60. The second kappa shape index (κ2) is 7.79. The first-order chi connectivity index (χ1) is 14.9. The second-order valence-corrected chi connectivity index (χ2v) is 8.60. The molecule has 0 radical (unpaired) electrons. The summed E-state index contributed by atoms with van der Waals surface area (Å²) >= 11 is 0. The van der Waals surface area contributed by atoms with Gasteiger partial charge in [0.25, 0.3) is 0 Å². The molecular weight excluding hydrogens is 397 g/mol. The van der Waals surface area contributed by atoms with E-state index in [0.29, 0.717) is 35.6 Å². The van der Waals surface area contributed by atoms with Gasteiger partial charge in [-0.15, -0.1) is 5.10 Å². The molecule has 2 aromatic heterocycles. The Labute approximate surface area is 180 Å². The van der Waals surface area contributed by atoms with Gasteiger partial charge in [-0.1, -0.05) is 0 Å². The Morgan fingerprint density at radius 3 is 2.55 bits per heavy atom. The van der Waals surface area contributed by atoms with Crippen molar-refractivity contribution >= 4 is 11.8 Å². The molecule has 162 valence electrons. The molecule has 3 aromatic rings. The molecule has 2 unspecified atom stereocenters. The average Bonchev–Trinajstić information content (AvgIpc) is 3.15. The van der Waals surface area contributed by atoms with Crippen LogP contribution in [-0.2, 0) is 7.05 Å². The minimum absolute atomic E-state index is 0.311. The highest BCUT2D eigenvalue weighted by atomic mass is 19.1. The summed E-state index contributed by atoms with van der Waals surface area (Å²) in [6.07, 6.45) is 3.97. The summed E-state index contributed by atoms with van der Waals surface area (Å²) in [6.45, 7) is 5.71. The van der Waals surface area contributed by atoms with Gasteiger partial charge in [-0.2, -0.15) is 4.98 Å². The number of aromatic nitrogens is 5. The lowest BCUT2D eigenvalue weighted by atomic mass is 9.92. The normalized spacial score (nSPS) is 22.6. The van der Waals surface area contributed by atoms with Crippen molar-refractivity contribution < 1.29 is 9.13 Å². The standard InChI is InChI=1S/C22H26FN7O/c1-13-6-17(23)9-18(7-13)31-22-27-21(28-29(22)3)26-20-15-4-5-16(20)11-30(10-15)19-8-14(2)24-12-25-19/h6-9,12,15-16,20H,4-5,10-11H2,1-3H3,(H,26,28). The Balaban J connectivity index is 1.28. The zero-order valence-electron chi connectivity index (χ0n) is 17.9.